The zero-order chi connectivity index (χ0) is 20.4. The van der Waals surface area contributed by atoms with Gasteiger partial charge in [0.15, 0.2) is 25.5 Å². The summed E-state index contributed by atoms with van der Waals surface area (Å²) in [5, 5.41) is 0.594. The normalized spacial score (nSPS) is 12.0. The second-order valence-corrected chi connectivity index (χ2v) is 6.51. The summed E-state index contributed by atoms with van der Waals surface area (Å²) < 4.78 is 39.4. The zero-order valence-corrected chi connectivity index (χ0v) is 15.9. The molecule has 2 aromatic carbocycles. The van der Waals surface area contributed by atoms with Gasteiger partial charge in [0, 0.05) is 10.6 Å². The summed E-state index contributed by atoms with van der Waals surface area (Å²) >= 11 is 5.91. The lowest BCUT2D eigenvalue weighted by atomic mass is 9.99. The Morgan fingerprint density at radius 3 is 2.57 bits per heavy atom. The molecule has 1 unspecified atom stereocenters. The lowest BCUT2D eigenvalue weighted by Gasteiger charge is -2.16. The molecule has 5 nitrogen and oxygen atoms in total. The fraction of sp³-hybridized carbons (Fsp3) is 0.158. The summed E-state index contributed by atoms with van der Waals surface area (Å²) in [6, 6.07) is 9.09. The van der Waals surface area contributed by atoms with Crippen LogP contribution in [0.15, 0.2) is 40.8 Å². The molecule has 0 aliphatic carbocycles. The van der Waals surface area contributed by atoms with Gasteiger partial charge >= 0.3 is 0 Å². The van der Waals surface area contributed by atoms with Crippen LogP contribution in [0.5, 0.6) is 5.75 Å². The summed E-state index contributed by atoms with van der Waals surface area (Å²) in [5.41, 5.74) is 6.15. The number of halogens is 3. The van der Waals surface area contributed by atoms with Gasteiger partial charge in [-0.3, -0.25) is 4.79 Å². The number of primary amides is 1. The first kappa shape index (κ1) is 19.9. The van der Waals surface area contributed by atoms with Crippen molar-refractivity contribution in [3.05, 3.63) is 64.5 Å². The molecule has 1 heterocycles. The number of nitrogens with two attached hydrogens (primary N) is 1. The largest absolute Gasteiger partial charge is 0.478 e. The Labute approximate surface area is 165 Å². The molecule has 1 atom stereocenters. The minimum absolute atomic E-state index is 0.231. The third-order valence-electron chi connectivity index (χ3n) is 4.15. The number of ether oxygens (including phenoxy) is 1. The molecule has 0 spiro atoms. The first-order chi connectivity index (χ1) is 13.3. The summed E-state index contributed by atoms with van der Waals surface area (Å²) in [6.45, 7) is 1.79. The lowest BCUT2D eigenvalue weighted by molar-refractivity contribution is 0.0989. The van der Waals surface area contributed by atoms with E-state index in [2.05, 4.69) is 4.98 Å². The molecule has 9 heteroatoms. The number of hydrogen-bond acceptors (Lipinski definition) is 4. The number of carbonyl (C=O) groups is 1. The Morgan fingerprint density at radius 1 is 1.29 bits per heavy atom. The summed E-state index contributed by atoms with van der Waals surface area (Å²) in [4.78, 5) is 15.8. The molecule has 0 saturated carbocycles. The highest BCUT2D eigenvalue weighted by Crippen LogP contribution is 2.30. The molecule has 0 aliphatic rings. The van der Waals surface area contributed by atoms with E-state index in [0.29, 0.717) is 22.8 Å². The molecular formula is C19H16BClF2N2O3. The minimum atomic E-state index is -1.22. The van der Waals surface area contributed by atoms with Crippen LogP contribution >= 0.6 is 11.6 Å². The highest BCUT2D eigenvalue weighted by atomic mass is 35.5. The van der Waals surface area contributed by atoms with Crippen molar-refractivity contribution < 1.29 is 22.7 Å². The molecule has 0 radical (unpaired) electrons. The van der Waals surface area contributed by atoms with Gasteiger partial charge in [0.05, 0.1) is 5.66 Å². The third-order valence-corrected chi connectivity index (χ3v) is 4.40. The first-order valence-corrected chi connectivity index (χ1v) is 8.87. The number of amides is 1. The van der Waals surface area contributed by atoms with Crippen LogP contribution in [0.2, 0.25) is 5.02 Å². The van der Waals surface area contributed by atoms with Gasteiger partial charge in [-0.1, -0.05) is 30.7 Å². The highest BCUT2D eigenvalue weighted by molar-refractivity contribution is 6.33. The van der Waals surface area contributed by atoms with Crippen LogP contribution in [0.4, 0.5) is 8.78 Å². The average molecular weight is 405 g/mol. The van der Waals surface area contributed by atoms with E-state index in [1.165, 1.54) is 0 Å². The molecule has 0 fully saturated rings. The molecule has 1 aromatic heterocycles. The van der Waals surface area contributed by atoms with Gasteiger partial charge in [0.2, 0.25) is 5.89 Å². The predicted molar refractivity (Wildman–Crippen MR) is 104 cm³/mol. The average Bonchev–Trinajstić information content (AvgIpc) is 3.03. The molecular weight excluding hydrogens is 388 g/mol. The minimum Gasteiger partial charge on any atom is -0.478 e. The van der Waals surface area contributed by atoms with Gasteiger partial charge in [0.25, 0.3) is 5.91 Å². The van der Waals surface area contributed by atoms with Crippen molar-refractivity contribution in [1.82, 2.24) is 4.98 Å². The third kappa shape index (κ3) is 3.87. The maximum atomic E-state index is 14.5. The van der Waals surface area contributed by atoms with Gasteiger partial charge in [-0.25, -0.2) is 13.8 Å². The topological polar surface area (TPSA) is 78.4 Å². The van der Waals surface area contributed by atoms with Crippen LogP contribution in [0.25, 0.3) is 11.3 Å². The van der Waals surface area contributed by atoms with Gasteiger partial charge in [-0.2, -0.15) is 0 Å². The van der Waals surface area contributed by atoms with Crippen LogP contribution < -0.4 is 16.1 Å². The van der Waals surface area contributed by atoms with Crippen molar-refractivity contribution in [1.29, 1.82) is 0 Å². The van der Waals surface area contributed by atoms with Crippen molar-refractivity contribution in [2.75, 3.05) is 0 Å². The first-order valence-electron chi connectivity index (χ1n) is 8.49. The SMILES string of the molecule is Bc1oc(C(CC)Oc2ccc(F)c(C(N)=O)c2F)nc1-c1ccc(Cl)cc1. The maximum absolute atomic E-state index is 14.5. The van der Waals surface area contributed by atoms with Crippen molar-refractivity contribution in [2.24, 2.45) is 5.73 Å². The highest BCUT2D eigenvalue weighted by Gasteiger charge is 2.25. The number of oxazole rings is 1. The number of hydrogen-bond donors (Lipinski definition) is 1. The number of nitrogens with zero attached hydrogens (tertiary/aromatic N) is 1. The number of rotatable bonds is 6. The standard InChI is InChI=1S/C19H16BClF2N2O3/c1-2-12(27-13-8-7-11(22)14(15(13)23)18(24)26)19-25-16(17(20)28-19)9-3-5-10(21)6-4-9/h3-8,12H,2,20H2,1H3,(H2,24,26). The fourth-order valence-corrected chi connectivity index (χ4v) is 2.87. The second-order valence-electron chi connectivity index (χ2n) is 6.08. The van der Waals surface area contributed by atoms with E-state index >= 15 is 0 Å². The molecule has 3 rings (SSSR count). The Balaban J connectivity index is 1.93. The smallest absolute Gasteiger partial charge is 0.254 e. The lowest BCUT2D eigenvalue weighted by Crippen LogP contribution is -2.17. The monoisotopic (exact) mass is 404 g/mol. The number of carbonyl (C=O) groups excluding carboxylic acids is 1. The van der Waals surface area contributed by atoms with E-state index in [9.17, 15) is 13.6 Å². The van der Waals surface area contributed by atoms with Crippen LogP contribution in [-0.2, 0) is 0 Å². The molecule has 0 bridgehead atoms. The fourth-order valence-electron chi connectivity index (χ4n) is 2.74. The van der Waals surface area contributed by atoms with Crippen LogP contribution in [0.3, 0.4) is 0 Å². The van der Waals surface area contributed by atoms with E-state index in [-0.39, 0.29) is 11.6 Å². The second kappa shape index (κ2) is 8.02. The molecule has 2 N–H and O–H groups in total. The van der Waals surface area contributed by atoms with E-state index < -0.39 is 29.2 Å². The Morgan fingerprint density at radius 2 is 1.96 bits per heavy atom. The Kier molecular flexibility index (Phi) is 5.69. The van der Waals surface area contributed by atoms with E-state index in [4.69, 9.17) is 26.5 Å². The summed E-state index contributed by atoms with van der Waals surface area (Å²) in [5.74, 6) is -3.51. The van der Waals surface area contributed by atoms with Crippen molar-refractivity contribution in [3.8, 4) is 17.0 Å². The van der Waals surface area contributed by atoms with Crippen LogP contribution in [0, 0.1) is 11.6 Å². The van der Waals surface area contributed by atoms with Gasteiger partial charge in [0.1, 0.15) is 17.1 Å². The van der Waals surface area contributed by atoms with Gasteiger partial charge < -0.3 is 14.9 Å². The van der Waals surface area contributed by atoms with E-state index in [1.54, 1.807) is 39.0 Å². The molecule has 144 valence electrons. The predicted octanol–water partition coefficient (Wildman–Crippen LogP) is 3.16. The van der Waals surface area contributed by atoms with Crippen LogP contribution in [0.1, 0.15) is 35.7 Å². The molecule has 28 heavy (non-hydrogen) atoms. The molecule has 3 aromatic rings. The molecule has 0 aliphatic heterocycles. The molecule has 0 saturated heterocycles. The zero-order valence-electron chi connectivity index (χ0n) is 15.1. The number of aromatic nitrogens is 1. The van der Waals surface area contributed by atoms with Gasteiger partial charge in [-0.05, 0) is 30.7 Å². The molecule has 1 amide bonds. The van der Waals surface area contributed by atoms with Crippen molar-refractivity contribution in [3.63, 3.8) is 0 Å². The Bertz CT molecular complexity index is 1020. The van der Waals surface area contributed by atoms with Gasteiger partial charge in [-0.15, -0.1) is 0 Å². The van der Waals surface area contributed by atoms with Crippen molar-refractivity contribution in [2.45, 2.75) is 19.4 Å². The number of benzene rings is 2. The van der Waals surface area contributed by atoms with E-state index in [1.807, 2.05) is 0 Å². The Hall–Kier alpha value is -2.87. The van der Waals surface area contributed by atoms with E-state index in [0.717, 1.165) is 17.7 Å². The quantitative estimate of drug-likeness (QED) is 0.640. The summed E-state index contributed by atoms with van der Waals surface area (Å²) in [6.07, 6.45) is -0.358. The summed E-state index contributed by atoms with van der Waals surface area (Å²) in [7, 11) is 1.75. The maximum Gasteiger partial charge on any atom is 0.254 e. The van der Waals surface area contributed by atoms with Crippen molar-refractivity contribution >= 4 is 31.0 Å². The van der Waals surface area contributed by atoms with Crippen LogP contribution in [-0.4, -0.2) is 18.7 Å².